The Morgan fingerprint density at radius 3 is 2.69 bits per heavy atom. The maximum atomic E-state index is 9.68. The Morgan fingerprint density at radius 1 is 1.29 bits per heavy atom. The van der Waals surface area contributed by atoms with E-state index in [1.165, 1.54) is 0 Å². The van der Waals surface area contributed by atoms with E-state index in [-0.39, 0.29) is 17.0 Å². The van der Waals surface area contributed by atoms with Crippen molar-refractivity contribution in [1.29, 1.82) is 10.5 Å². The number of rotatable bonds is 7. The SMILES string of the molecule is Cc1cnc(Nc2cc(C#N)c(Br)c(CO[Si](C)(C)C(C)(C)C)c2)nc1NC1COCC[C@@H]1C#N. The van der Waals surface area contributed by atoms with Crippen molar-refractivity contribution in [2.75, 3.05) is 23.8 Å². The van der Waals surface area contributed by atoms with Gasteiger partial charge in [-0.05, 0) is 65.1 Å². The average molecular weight is 558 g/mol. The monoisotopic (exact) mass is 556 g/mol. The number of aromatic nitrogens is 2. The summed E-state index contributed by atoms with van der Waals surface area (Å²) in [6.07, 6.45) is 2.42. The average Bonchev–Trinajstić information content (AvgIpc) is 2.81. The molecule has 2 atom stereocenters. The molecule has 1 aliphatic rings. The molecule has 0 spiro atoms. The Balaban J connectivity index is 1.83. The van der Waals surface area contributed by atoms with Gasteiger partial charge in [-0.25, -0.2) is 4.98 Å². The molecular weight excluding hydrogens is 524 g/mol. The van der Waals surface area contributed by atoms with Crippen molar-refractivity contribution in [3.8, 4) is 12.1 Å². The van der Waals surface area contributed by atoms with Gasteiger partial charge < -0.3 is 19.8 Å². The van der Waals surface area contributed by atoms with Gasteiger partial charge in [0.15, 0.2) is 8.32 Å². The third-order valence-electron chi connectivity index (χ3n) is 6.74. The second-order valence-electron chi connectivity index (χ2n) is 10.4. The molecule has 0 radical (unpaired) electrons. The summed E-state index contributed by atoms with van der Waals surface area (Å²) >= 11 is 3.57. The van der Waals surface area contributed by atoms with Crippen molar-refractivity contribution in [3.05, 3.63) is 39.5 Å². The molecule has 2 N–H and O–H groups in total. The second kappa shape index (κ2) is 11.0. The molecule has 8 nitrogen and oxygen atoms in total. The lowest BCUT2D eigenvalue weighted by molar-refractivity contribution is 0.0698. The molecular formula is C25H33BrN6O2Si. The lowest BCUT2D eigenvalue weighted by Crippen LogP contribution is -2.40. The molecule has 2 aromatic rings. The maximum absolute atomic E-state index is 9.68. The normalized spacial score (nSPS) is 18.4. The van der Waals surface area contributed by atoms with Crippen LogP contribution in [-0.2, 0) is 15.8 Å². The van der Waals surface area contributed by atoms with Gasteiger partial charge in [0, 0.05) is 28.5 Å². The van der Waals surface area contributed by atoms with Crippen molar-refractivity contribution in [1.82, 2.24) is 9.97 Å². The Morgan fingerprint density at radius 2 is 2.03 bits per heavy atom. The van der Waals surface area contributed by atoms with E-state index in [1.807, 2.05) is 13.0 Å². The molecule has 0 bridgehead atoms. The molecule has 2 heterocycles. The van der Waals surface area contributed by atoms with Crippen LogP contribution < -0.4 is 10.6 Å². The Bertz CT molecular complexity index is 1150. The zero-order valence-corrected chi connectivity index (χ0v) is 23.8. The van der Waals surface area contributed by atoms with Gasteiger partial charge in [0.1, 0.15) is 11.9 Å². The number of ether oxygens (including phenoxy) is 1. The summed E-state index contributed by atoms with van der Waals surface area (Å²) in [5.41, 5.74) is 2.96. The summed E-state index contributed by atoms with van der Waals surface area (Å²) in [5, 5.41) is 25.8. The smallest absolute Gasteiger partial charge is 0.229 e. The minimum atomic E-state index is -1.96. The Kier molecular flexibility index (Phi) is 8.55. The van der Waals surface area contributed by atoms with Crippen LogP contribution in [0.4, 0.5) is 17.5 Å². The Hall–Kier alpha value is -2.50. The molecule has 35 heavy (non-hydrogen) atoms. The number of aryl methyl sites for hydroxylation is 1. The van der Waals surface area contributed by atoms with Crippen LogP contribution in [0.25, 0.3) is 0 Å². The minimum Gasteiger partial charge on any atom is -0.413 e. The number of nitrogens with one attached hydrogen (secondary N) is 2. The highest BCUT2D eigenvalue weighted by atomic mass is 79.9. The molecule has 186 valence electrons. The van der Waals surface area contributed by atoms with Gasteiger partial charge in [0.2, 0.25) is 5.95 Å². The summed E-state index contributed by atoms with van der Waals surface area (Å²) in [7, 11) is -1.96. The van der Waals surface area contributed by atoms with Crippen molar-refractivity contribution in [2.45, 2.75) is 64.9 Å². The zero-order chi connectivity index (χ0) is 25.8. The number of hydrogen-bond donors (Lipinski definition) is 2. The van der Waals surface area contributed by atoms with Gasteiger partial charge in [-0.15, -0.1) is 0 Å². The summed E-state index contributed by atoms with van der Waals surface area (Å²) in [6.45, 7) is 14.4. The van der Waals surface area contributed by atoms with Crippen LogP contribution in [0.2, 0.25) is 18.1 Å². The van der Waals surface area contributed by atoms with Gasteiger partial charge in [-0.2, -0.15) is 15.5 Å². The molecule has 0 amide bonds. The number of anilines is 3. The van der Waals surface area contributed by atoms with Crippen LogP contribution in [0, 0.1) is 35.5 Å². The Labute approximate surface area is 217 Å². The van der Waals surface area contributed by atoms with Gasteiger partial charge in [0.25, 0.3) is 0 Å². The molecule has 0 aliphatic carbocycles. The van der Waals surface area contributed by atoms with Crippen molar-refractivity contribution in [3.63, 3.8) is 0 Å². The molecule has 1 aromatic heterocycles. The van der Waals surface area contributed by atoms with E-state index in [1.54, 1.807) is 12.3 Å². The highest BCUT2D eigenvalue weighted by Crippen LogP contribution is 2.38. The number of nitrogens with zero attached hydrogens (tertiary/aromatic N) is 4. The first kappa shape index (κ1) is 27.1. The first-order chi connectivity index (χ1) is 16.4. The van der Waals surface area contributed by atoms with Crippen LogP contribution in [0.1, 0.15) is 43.9 Å². The lowest BCUT2D eigenvalue weighted by Gasteiger charge is -2.36. The third kappa shape index (κ3) is 6.59. The fourth-order valence-electron chi connectivity index (χ4n) is 3.41. The fourth-order valence-corrected chi connectivity index (χ4v) is 4.79. The summed E-state index contributed by atoms with van der Waals surface area (Å²) in [4.78, 5) is 9.05. The first-order valence-corrected chi connectivity index (χ1v) is 15.4. The predicted octanol–water partition coefficient (Wildman–Crippen LogP) is 6.03. The molecule has 0 saturated carbocycles. The number of benzene rings is 1. The van der Waals surface area contributed by atoms with E-state index in [2.05, 4.69) is 82.5 Å². The second-order valence-corrected chi connectivity index (χ2v) is 16.0. The summed E-state index contributed by atoms with van der Waals surface area (Å²) in [6, 6.07) is 8.19. The number of nitriles is 2. The molecule has 1 unspecified atom stereocenters. The number of hydrogen-bond acceptors (Lipinski definition) is 8. The van der Waals surface area contributed by atoms with Gasteiger partial charge >= 0.3 is 0 Å². The third-order valence-corrected chi connectivity index (χ3v) is 12.2. The largest absolute Gasteiger partial charge is 0.413 e. The van der Waals surface area contributed by atoms with E-state index in [4.69, 9.17) is 9.16 Å². The zero-order valence-electron chi connectivity index (χ0n) is 21.2. The first-order valence-electron chi connectivity index (χ1n) is 11.7. The quantitative estimate of drug-likeness (QED) is 0.397. The highest BCUT2D eigenvalue weighted by molar-refractivity contribution is 9.10. The fraction of sp³-hybridized carbons (Fsp3) is 0.520. The standard InChI is InChI=1S/C25H33BrN6O2Si/c1-16-13-29-24(32-23(16)31-21-15-33-8-7-17(21)11-27)30-20-9-18(12-28)22(26)19(10-20)14-34-35(5,6)25(2,3)4/h9-10,13,17,21H,7-8,14-15H2,1-6H3,(H2,29,30,31,32)/t17-,21?/m1/s1. The molecule has 10 heteroatoms. The molecule has 1 aliphatic heterocycles. The van der Waals surface area contributed by atoms with E-state index in [0.29, 0.717) is 49.3 Å². The highest BCUT2D eigenvalue weighted by Gasteiger charge is 2.37. The van der Waals surface area contributed by atoms with Crippen LogP contribution in [-0.4, -0.2) is 37.5 Å². The summed E-state index contributed by atoms with van der Waals surface area (Å²) < 4.78 is 12.7. The predicted molar refractivity (Wildman–Crippen MR) is 143 cm³/mol. The number of halogens is 1. The molecule has 3 rings (SSSR count). The minimum absolute atomic E-state index is 0.0838. The van der Waals surface area contributed by atoms with Gasteiger partial charge in [-0.3, -0.25) is 0 Å². The van der Waals surface area contributed by atoms with E-state index < -0.39 is 8.32 Å². The summed E-state index contributed by atoms with van der Waals surface area (Å²) in [5.74, 6) is 0.908. The molecule has 1 saturated heterocycles. The van der Waals surface area contributed by atoms with Gasteiger partial charge in [0.05, 0.1) is 36.8 Å². The molecule has 1 aromatic carbocycles. The van der Waals surface area contributed by atoms with Gasteiger partial charge in [-0.1, -0.05) is 20.8 Å². The van der Waals surface area contributed by atoms with Crippen molar-refractivity contribution >= 4 is 41.7 Å². The van der Waals surface area contributed by atoms with Crippen LogP contribution in [0.3, 0.4) is 0 Å². The maximum Gasteiger partial charge on any atom is 0.229 e. The molecule has 1 fully saturated rings. The van der Waals surface area contributed by atoms with E-state index in [0.717, 1.165) is 15.6 Å². The van der Waals surface area contributed by atoms with Crippen molar-refractivity contribution < 1.29 is 9.16 Å². The topological polar surface area (TPSA) is 116 Å². The van der Waals surface area contributed by atoms with E-state index >= 15 is 0 Å². The van der Waals surface area contributed by atoms with Crippen LogP contribution >= 0.6 is 15.9 Å². The lowest BCUT2D eigenvalue weighted by atomic mass is 9.96. The van der Waals surface area contributed by atoms with Crippen molar-refractivity contribution in [2.24, 2.45) is 5.92 Å². The van der Waals surface area contributed by atoms with Crippen LogP contribution in [0.5, 0.6) is 0 Å². The van der Waals surface area contributed by atoms with E-state index in [9.17, 15) is 10.5 Å². The van der Waals surface area contributed by atoms with Crippen LogP contribution in [0.15, 0.2) is 22.8 Å².